The summed E-state index contributed by atoms with van der Waals surface area (Å²) in [5.41, 5.74) is 1.97. The summed E-state index contributed by atoms with van der Waals surface area (Å²) in [5, 5.41) is 10.6. The van der Waals surface area contributed by atoms with E-state index >= 15 is 0 Å². The Balaban J connectivity index is 1.86. The summed E-state index contributed by atoms with van der Waals surface area (Å²) in [7, 11) is 0. The minimum absolute atomic E-state index is 0.128. The minimum Gasteiger partial charge on any atom is -0.334 e. The molecule has 0 spiro atoms. The summed E-state index contributed by atoms with van der Waals surface area (Å²) < 4.78 is 0. The van der Waals surface area contributed by atoms with Gasteiger partial charge in [0.15, 0.2) is 0 Å². The van der Waals surface area contributed by atoms with Crippen LogP contribution in [0, 0.1) is 0 Å². The zero-order chi connectivity index (χ0) is 21.2. The highest BCUT2D eigenvalue weighted by Gasteiger charge is 2.15. The van der Waals surface area contributed by atoms with Crippen LogP contribution in [-0.4, -0.2) is 29.6 Å². The van der Waals surface area contributed by atoms with Crippen LogP contribution in [-0.2, 0) is 9.59 Å². The predicted molar refractivity (Wildman–Crippen MR) is 118 cm³/mol. The SMILES string of the molecule is C=CCNC(=O)Nc1ccc(NC(=O)C(C)Sc2ccc(NC(C)=O)cc2)cc1. The third-order valence-electron chi connectivity index (χ3n) is 3.67. The van der Waals surface area contributed by atoms with Gasteiger partial charge < -0.3 is 21.3 Å². The molecule has 152 valence electrons. The lowest BCUT2D eigenvalue weighted by atomic mass is 10.2. The predicted octanol–water partition coefficient (Wildman–Crippen LogP) is 4.07. The lowest BCUT2D eigenvalue weighted by molar-refractivity contribution is -0.115. The molecule has 4 amide bonds. The van der Waals surface area contributed by atoms with Gasteiger partial charge in [-0.3, -0.25) is 9.59 Å². The van der Waals surface area contributed by atoms with E-state index in [2.05, 4.69) is 27.8 Å². The molecule has 2 aromatic carbocycles. The number of benzene rings is 2. The Hall–Kier alpha value is -3.26. The van der Waals surface area contributed by atoms with E-state index in [0.29, 0.717) is 23.6 Å². The zero-order valence-corrected chi connectivity index (χ0v) is 17.1. The number of hydrogen-bond acceptors (Lipinski definition) is 4. The third kappa shape index (κ3) is 7.71. The normalized spacial score (nSPS) is 11.1. The molecule has 0 aromatic heterocycles. The average molecular weight is 413 g/mol. The second-order valence-corrected chi connectivity index (χ2v) is 7.57. The molecule has 0 saturated carbocycles. The minimum atomic E-state index is -0.323. The molecule has 0 aliphatic heterocycles. The summed E-state index contributed by atoms with van der Waals surface area (Å²) in [6, 6.07) is 13.9. The Morgan fingerprint density at radius 3 is 2.00 bits per heavy atom. The molecule has 2 aromatic rings. The van der Waals surface area contributed by atoms with E-state index in [0.717, 1.165) is 4.90 Å². The van der Waals surface area contributed by atoms with Crippen molar-refractivity contribution in [1.29, 1.82) is 0 Å². The summed E-state index contributed by atoms with van der Waals surface area (Å²) in [5.74, 6) is -0.262. The van der Waals surface area contributed by atoms with E-state index < -0.39 is 0 Å². The molecule has 2 rings (SSSR count). The molecule has 0 aliphatic rings. The quantitative estimate of drug-likeness (QED) is 0.388. The summed E-state index contributed by atoms with van der Waals surface area (Å²) in [6.07, 6.45) is 1.59. The van der Waals surface area contributed by atoms with Crippen LogP contribution in [0.1, 0.15) is 13.8 Å². The molecule has 1 atom stereocenters. The van der Waals surface area contributed by atoms with Gasteiger partial charge in [-0.2, -0.15) is 0 Å². The lowest BCUT2D eigenvalue weighted by Gasteiger charge is -2.13. The number of urea groups is 1. The van der Waals surface area contributed by atoms with Crippen molar-refractivity contribution < 1.29 is 14.4 Å². The van der Waals surface area contributed by atoms with Crippen LogP contribution in [0.2, 0.25) is 0 Å². The van der Waals surface area contributed by atoms with E-state index in [1.807, 2.05) is 19.1 Å². The highest BCUT2D eigenvalue weighted by Crippen LogP contribution is 2.26. The van der Waals surface area contributed by atoms with Crippen molar-refractivity contribution in [3.05, 3.63) is 61.2 Å². The Morgan fingerprint density at radius 1 is 0.931 bits per heavy atom. The monoisotopic (exact) mass is 412 g/mol. The van der Waals surface area contributed by atoms with Gasteiger partial charge in [-0.25, -0.2) is 4.79 Å². The van der Waals surface area contributed by atoms with Gasteiger partial charge in [0, 0.05) is 35.4 Å². The molecule has 0 heterocycles. The highest BCUT2D eigenvalue weighted by molar-refractivity contribution is 8.00. The van der Waals surface area contributed by atoms with Crippen LogP contribution in [0.5, 0.6) is 0 Å². The molecule has 8 heteroatoms. The van der Waals surface area contributed by atoms with Gasteiger partial charge in [0.05, 0.1) is 5.25 Å². The summed E-state index contributed by atoms with van der Waals surface area (Å²) in [4.78, 5) is 36.0. The van der Waals surface area contributed by atoms with E-state index in [1.165, 1.54) is 18.7 Å². The highest BCUT2D eigenvalue weighted by atomic mass is 32.2. The number of thioether (sulfide) groups is 1. The van der Waals surface area contributed by atoms with Crippen LogP contribution in [0.4, 0.5) is 21.9 Å². The Bertz CT molecular complexity index is 866. The fraction of sp³-hybridized carbons (Fsp3) is 0.190. The molecular weight excluding hydrogens is 388 g/mol. The first-order valence-electron chi connectivity index (χ1n) is 8.98. The number of hydrogen-bond donors (Lipinski definition) is 4. The first-order valence-corrected chi connectivity index (χ1v) is 9.86. The molecule has 29 heavy (non-hydrogen) atoms. The largest absolute Gasteiger partial charge is 0.334 e. The van der Waals surface area contributed by atoms with E-state index in [4.69, 9.17) is 0 Å². The van der Waals surface area contributed by atoms with Crippen LogP contribution in [0.25, 0.3) is 0 Å². The number of anilines is 3. The van der Waals surface area contributed by atoms with Crippen LogP contribution in [0.15, 0.2) is 66.1 Å². The van der Waals surface area contributed by atoms with Gasteiger partial charge >= 0.3 is 6.03 Å². The molecule has 4 N–H and O–H groups in total. The maximum Gasteiger partial charge on any atom is 0.319 e. The molecule has 0 radical (unpaired) electrons. The van der Waals surface area contributed by atoms with E-state index in [1.54, 1.807) is 42.5 Å². The van der Waals surface area contributed by atoms with Gasteiger partial charge in [0.2, 0.25) is 11.8 Å². The smallest absolute Gasteiger partial charge is 0.319 e. The van der Waals surface area contributed by atoms with Crippen LogP contribution >= 0.6 is 11.8 Å². The van der Waals surface area contributed by atoms with Gasteiger partial charge in [-0.1, -0.05) is 6.08 Å². The molecule has 0 bridgehead atoms. The second kappa shape index (κ2) is 10.9. The fourth-order valence-electron chi connectivity index (χ4n) is 2.30. The van der Waals surface area contributed by atoms with Gasteiger partial charge in [0.25, 0.3) is 0 Å². The molecule has 0 saturated heterocycles. The third-order valence-corrected chi connectivity index (χ3v) is 4.79. The maximum atomic E-state index is 12.4. The zero-order valence-electron chi connectivity index (χ0n) is 16.3. The van der Waals surface area contributed by atoms with Crippen LogP contribution < -0.4 is 21.3 Å². The topological polar surface area (TPSA) is 99.3 Å². The number of carbonyl (C=O) groups excluding carboxylic acids is 3. The van der Waals surface area contributed by atoms with Crippen molar-refractivity contribution in [1.82, 2.24) is 5.32 Å². The van der Waals surface area contributed by atoms with Crippen molar-refractivity contribution in [2.24, 2.45) is 0 Å². The Morgan fingerprint density at radius 2 is 1.45 bits per heavy atom. The second-order valence-electron chi connectivity index (χ2n) is 6.16. The Kier molecular flexibility index (Phi) is 8.29. The van der Waals surface area contributed by atoms with Crippen LogP contribution in [0.3, 0.4) is 0 Å². The molecule has 0 aliphatic carbocycles. The van der Waals surface area contributed by atoms with Gasteiger partial charge in [0.1, 0.15) is 0 Å². The van der Waals surface area contributed by atoms with E-state index in [-0.39, 0.29) is 23.1 Å². The van der Waals surface area contributed by atoms with Gasteiger partial charge in [-0.05, 0) is 55.5 Å². The first-order chi connectivity index (χ1) is 13.9. The summed E-state index contributed by atoms with van der Waals surface area (Å²) in [6.45, 7) is 7.19. The summed E-state index contributed by atoms with van der Waals surface area (Å²) >= 11 is 1.42. The van der Waals surface area contributed by atoms with Crippen molar-refractivity contribution in [2.75, 3.05) is 22.5 Å². The number of nitrogens with one attached hydrogen (secondary N) is 4. The van der Waals surface area contributed by atoms with Gasteiger partial charge in [-0.15, -0.1) is 18.3 Å². The Labute approximate surface area is 174 Å². The standard InChI is InChI=1S/C21H24N4O3S/c1-4-13-22-21(28)25-18-7-5-17(6-8-18)24-20(27)14(2)29-19-11-9-16(10-12-19)23-15(3)26/h4-12,14H,1,13H2,2-3H3,(H,23,26)(H,24,27)(H2,22,25,28). The lowest BCUT2D eigenvalue weighted by Crippen LogP contribution is -2.28. The number of rotatable bonds is 8. The number of amides is 4. The fourth-order valence-corrected chi connectivity index (χ4v) is 3.17. The van der Waals surface area contributed by atoms with Crippen molar-refractivity contribution in [3.63, 3.8) is 0 Å². The van der Waals surface area contributed by atoms with Crippen molar-refractivity contribution in [3.8, 4) is 0 Å². The molecule has 7 nitrogen and oxygen atoms in total. The maximum absolute atomic E-state index is 12.4. The molecular formula is C21H24N4O3S. The van der Waals surface area contributed by atoms with E-state index in [9.17, 15) is 14.4 Å². The van der Waals surface area contributed by atoms with Crippen molar-refractivity contribution >= 4 is 46.7 Å². The number of carbonyl (C=O) groups is 3. The molecule has 1 unspecified atom stereocenters. The van der Waals surface area contributed by atoms with Crippen molar-refractivity contribution in [2.45, 2.75) is 24.0 Å². The average Bonchev–Trinajstić information content (AvgIpc) is 2.69. The molecule has 0 fully saturated rings. The first kappa shape index (κ1) is 22.0.